The van der Waals surface area contributed by atoms with Crippen molar-refractivity contribution in [1.82, 2.24) is 4.31 Å². The van der Waals surface area contributed by atoms with Crippen LogP contribution in [0.3, 0.4) is 0 Å². The van der Waals surface area contributed by atoms with Crippen LogP contribution in [0.4, 0.5) is 0 Å². The highest BCUT2D eigenvalue weighted by molar-refractivity contribution is 7.89. The van der Waals surface area contributed by atoms with Gasteiger partial charge in [0.05, 0.1) is 23.6 Å². The van der Waals surface area contributed by atoms with Crippen molar-refractivity contribution in [2.75, 3.05) is 19.8 Å². The van der Waals surface area contributed by atoms with E-state index in [0.717, 1.165) is 11.1 Å². The van der Waals surface area contributed by atoms with Crippen LogP contribution in [-0.4, -0.2) is 38.0 Å². The Morgan fingerprint density at radius 3 is 2.70 bits per heavy atom. The summed E-state index contributed by atoms with van der Waals surface area (Å²) in [5, 5.41) is 0. The second kappa shape index (κ2) is 5.44. The minimum atomic E-state index is -3.54. The SMILES string of the molecule is Cc1c(CN)cccc1S(=O)(=O)N1CCOCC1(C)C. The number of nitrogens with two attached hydrogens (primary N) is 1. The van der Waals surface area contributed by atoms with Gasteiger partial charge in [0.2, 0.25) is 10.0 Å². The van der Waals surface area contributed by atoms with Gasteiger partial charge in [-0.2, -0.15) is 4.31 Å². The summed E-state index contributed by atoms with van der Waals surface area (Å²) in [6.07, 6.45) is 0. The zero-order valence-electron chi connectivity index (χ0n) is 12.2. The Morgan fingerprint density at radius 1 is 1.40 bits per heavy atom. The van der Waals surface area contributed by atoms with Crippen molar-refractivity contribution in [2.45, 2.75) is 37.8 Å². The number of hydrogen-bond acceptors (Lipinski definition) is 4. The Morgan fingerprint density at radius 2 is 2.10 bits per heavy atom. The molecule has 0 saturated carbocycles. The molecular formula is C14H22N2O3S. The van der Waals surface area contributed by atoms with Gasteiger partial charge in [0.1, 0.15) is 0 Å². The van der Waals surface area contributed by atoms with Crippen molar-refractivity contribution >= 4 is 10.0 Å². The molecular weight excluding hydrogens is 276 g/mol. The Hall–Kier alpha value is -0.950. The molecule has 1 saturated heterocycles. The standard InChI is InChI=1S/C14H22N2O3S/c1-11-12(9-15)5-4-6-13(11)20(17,18)16-7-8-19-10-14(16,2)3/h4-6H,7-10,15H2,1-3H3. The monoisotopic (exact) mass is 298 g/mol. The lowest BCUT2D eigenvalue weighted by molar-refractivity contribution is -0.00772. The topological polar surface area (TPSA) is 72.6 Å². The lowest BCUT2D eigenvalue weighted by Crippen LogP contribution is -2.55. The van der Waals surface area contributed by atoms with Crippen molar-refractivity contribution in [3.8, 4) is 0 Å². The van der Waals surface area contributed by atoms with Crippen LogP contribution in [0.5, 0.6) is 0 Å². The number of benzene rings is 1. The fourth-order valence-corrected chi connectivity index (χ4v) is 4.59. The van der Waals surface area contributed by atoms with Crippen LogP contribution < -0.4 is 5.73 Å². The first-order valence-corrected chi connectivity index (χ1v) is 8.14. The van der Waals surface area contributed by atoms with E-state index in [1.807, 2.05) is 26.8 Å². The summed E-state index contributed by atoms with van der Waals surface area (Å²) in [7, 11) is -3.54. The first kappa shape index (κ1) is 15.4. The first-order chi connectivity index (χ1) is 9.30. The number of nitrogens with zero attached hydrogens (tertiary/aromatic N) is 1. The summed E-state index contributed by atoms with van der Waals surface area (Å²) in [5.41, 5.74) is 6.72. The van der Waals surface area contributed by atoms with E-state index in [1.165, 1.54) is 4.31 Å². The molecule has 5 nitrogen and oxygen atoms in total. The molecule has 0 spiro atoms. The molecule has 1 aliphatic heterocycles. The lowest BCUT2D eigenvalue weighted by atomic mass is 10.1. The summed E-state index contributed by atoms with van der Waals surface area (Å²) >= 11 is 0. The van der Waals surface area contributed by atoms with Gasteiger partial charge in [-0.25, -0.2) is 8.42 Å². The van der Waals surface area contributed by atoms with E-state index in [0.29, 0.717) is 31.2 Å². The maximum atomic E-state index is 12.9. The van der Waals surface area contributed by atoms with Gasteiger partial charge in [-0.15, -0.1) is 0 Å². The highest BCUT2D eigenvalue weighted by atomic mass is 32.2. The summed E-state index contributed by atoms with van der Waals surface area (Å²) < 4.78 is 32.8. The van der Waals surface area contributed by atoms with Gasteiger partial charge in [-0.3, -0.25) is 0 Å². The molecule has 1 aliphatic rings. The van der Waals surface area contributed by atoms with E-state index in [1.54, 1.807) is 12.1 Å². The molecule has 1 aromatic rings. The smallest absolute Gasteiger partial charge is 0.243 e. The molecule has 6 heteroatoms. The van der Waals surface area contributed by atoms with Crippen LogP contribution in [0.2, 0.25) is 0 Å². The molecule has 0 aromatic heterocycles. The average Bonchev–Trinajstić information content (AvgIpc) is 2.37. The van der Waals surface area contributed by atoms with Crippen molar-refractivity contribution in [2.24, 2.45) is 5.73 Å². The van der Waals surface area contributed by atoms with Gasteiger partial charge < -0.3 is 10.5 Å². The number of hydrogen-bond donors (Lipinski definition) is 1. The molecule has 112 valence electrons. The van der Waals surface area contributed by atoms with Gasteiger partial charge in [0, 0.05) is 13.1 Å². The normalized spacial score (nSPS) is 20.0. The zero-order valence-corrected chi connectivity index (χ0v) is 13.0. The third kappa shape index (κ3) is 2.61. The third-order valence-electron chi connectivity index (χ3n) is 3.75. The second-order valence-electron chi connectivity index (χ2n) is 5.69. The number of ether oxygens (including phenoxy) is 1. The number of rotatable bonds is 3. The Balaban J connectivity index is 2.50. The highest BCUT2D eigenvalue weighted by Crippen LogP contribution is 2.29. The predicted molar refractivity (Wildman–Crippen MR) is 77.9 cm³/mol. The maximum absolute atomic E-state index is 12.9. The summed E-state index contributed by atoms with van der Waals surface area (Å²) in [5.74, 6) is 0. The van der Waals surface area contributed by atoms with Crippen molar-refractivity contribution < 1.29 is 13.2 Å². The molecule has 0 radical (unpaired) electrons. The molecule has 2 N–H and O–H groups in total. The quantitative estimate of drug-likeness (QED) is 0.911. The molecule has 0 unspecified atom stereocenters. The number of sulfonamides is 1. The molecule has 20 heavy (non-hydrogen) atoms. The van der Waals surface area contributed by atoms with Crippen LogP contribution in [0.25, 0.3) is 0 Å². The lowest BCUT2D eigenvalue weighted by Gasteiger charge is -2.41. The van der Waals surface area contributed by atoms with Gasteiger partial charge >= 0.3 is 0 Å². The van der Waals surface area contributed by atoms with Gasteiger partial charge in [0.25, 0.3) is 0 Å². The average molecular weight is 298 g/mol. The molecule has 0 atom stereocenters. The van der Waals surface area contributed by atoms with E-state index >= 15 is 0 Å². The van der Waals surface area contributed by atoms with Crippen LogP contribution in [-0.2, 0) is 21.3 Å². The third-order valence-corrected chi connectivity index (χ3v) is 6.01. The summed E-state index contributed by atoms with van der Waals surface area (Å²) in [4.78, 5) is 0.343. The van der Waals surface area contributed by atoms with E-state index in [2.05, 4.69) is 0 Å². The van der Waals surface area contributed by atoms with Crippen LogP contribution >= 0.6 is 0 Å². The Labute approximate surface area is 120 Å². The Kier molecular flexibility index (Phi) is 4.20. The molecule has 2 rings (SSSR count). The maximum Gasteiger partial charge on any atom is 0.243 e. The van der Waals surface area contributed by atoms with Crippen LogP contribution in [0.1, 0.15) is 25.0 Å². The molecule has 1 heterocycles. The fraction of sp³-hybridized carbons (Fsp3) is 0.571. The van der Waals surface area contributed by atoms with E-state index in [9.17, 15) is 8.42 Å². The fourth-order valence-electron chi connectivity index (χ4n) is 2.57. The number of morpholine rings is 1. The first-order valence-electron chi connectivity index (χ1n) is 6.70. The van der Waals surface area contributed by atoms with Crippen LogP contribution in [0, 0.1) is 6.92 Å². The second-order valence-corrected chi connectivity index (χ2v) is 7.52. The van der Waals surface area contributed by atoms with Crippen molar-refractivity contribution in [1.29, 1.82) is 0 Å². The van der Waals surface area contributed by atoms with Gasteiger partial charge in [-0.05, 0) is 38.0 Å². The van der Waals surface area contributed by atoms with Crippen molar-refractivity contribution in [3.05, 3.63) is 29.3 Å². The van der Waals surface area contributed by atoms with E-state index in [-0.39, 0.29) is 0 Å². The van der Waals surface area contributed by atoms with Gasteiger partial charge in [0.15, 0.2) is 0 Å². The van der Waals surface area contributed by atoms with E-state index in [4.69, 9.17) is 10.5 Å². The molecule has 0 aliphatic carbocycles. The van der Waals surface area contributed by atoms with Crippen LogP contribution in [0.15, 0.2) is 23.1 Å². The zero-order chi connectivity index (χ0) is 15.0. The highest BCUT2D eigenvalue weighted by Gasteiger charge is 2.40. The predicted octanol–water partition coefficient (Wildman–Crippen LogP) is 1.25. The summed E-state index contributed by atoms with van der Waals surface area (Å²) in [6, 6.07) is 5.25. The molecule has 1 fully saturated rings. The largest absolute Gasteiger partial charge is 0.378 e. The minimum Gasteiger partial charge on any atom is -0.378 e. The minimum absolute atomic E-state index is 0.335. The van der Waals surface area contributed by atoms with Gasteiger partial charge in [-0.1, -0.05) is 12.1 Å². The van der Waals surface area contributed by atoms with Crippen molar-refractivity contribution in [3.63, 3.8) is 0 Å². The molecule has 1 aromatic carbocycles. The van der Waals surface area contributed by atoms with E-state index < -0.39 is 15.6 Å². The molecule has 0 bridgehead atoms. The summed E-state index contributed by atoms with van der Waals surface area (Å²) in [6.45, 7) is 7.11. The Bertz CT molecular complexity index is 596. The molecule has 0 amide bonds.